The van der Waals surface area contributed by atoms with Crippen LogP contribution in [0.5, 0.6) is 0 Å². The predicted octanol–water partition coefficient (Wildman–Crippen LogP) is 2.52. The van der Waals surface area contributed by atoms with Gasteiger partial charge in [-0.2, -0.15) is 0 Å². The number of halogens is 1. The summed E-state index contributed by atoms with van der Waals surface area (Å²) in [4.78, 5) is 10.6. The summed E-state index contributed by atoms with van der Waals surface area (Å²) in [5.74, 6) is 0. The number of carbonyl (C=O) groups is 1. The van der Waals surface area contributed by atoms with Crippen molar-refractivity contribution >= 4 is 39.8 Å². The Morgan fingerprint density at radius 3 is 2.86 bits per heavy atom. The molecule has 2 aromatic rings. The lowest BCUT2D eigenvalue weighted by Crippen LogP contribution is -1.92. The molecule has 0 amide bonds. The smallest absolute Gasteiger partial charge is 0.124 e. The van der Waals surface area contributed by atoms with Crippen LogP contribution in [0.4, 0.5) is 0 Å². The van der Waals surface area contributed by atoms with Gasteiger partial charge in [0.25, 0.3) is 0 Å². The highest BCUT2D eigenvalue weighted by Crippen LogP contribution is 2.26. The highest BCUT2D eigenvalue weighted by Gasteiger charge is 2.11. The molecule has 0 atom stereocenters. The molecule has 14 heavy (non-hydrogen) atoms. The van der Waals surface area contributed by atoms with E-state index in [0.717, 1.165) is 15.6 Å². The normalized spacial score (nSPS) is 10.7. The van der Waals surface area contributed by atoms with Gasteiger partial charge >= 0.3 is 0 Å². The number of fused-ring (bicyclic) bond motifs is 1. The van der Waals surface area contributed by atoms with Crippen molar-refractivity contribution in [1.82, 2.24) is 4.57 Å². The predicted molar refractivity (Wildman–Crippen MR) is 65.4 cm³/mol. The van der Waals surface area contributed by atoms with Crippen molar-refractivity contribution in [2.45, 2.75) is 6.42 Å². The molecule has 0 saturated carbocycles. The number of carbonyl (C=O) groups excluding carboxylic acids is 1. The number of aromatic nitrogens is 1. The second-order valence-corrected chi connectivity index (χ2v) is 4.24. The third kappa shape index (κ3) is 1.35. The van der Waals surface area contributed by atoms with Gasteiger partial charge in [0.05, 0.1) is 3.70 Å². The average Bonchev–Trinajstić information content (AvgIpc) is 2.45. The first kappa shape index (κ1) is 9.71. The zero-order valence-electron chi connectivity index (χ0n) is 7.83. The molecular weight excluding hydrogens is 289 g/mol. The van der Waals surface area contributed by atoms with E-state index in [2.05, 4.69) is 39.3 Å². The Hall–Kier alpha value is -0.840. The average molecular weight is 299 g/mol. The summed E-state index contributed by atoms with van der Waals surface area (Å²) in [6, 6.07) is 8.16. The minimum atomic E-state index is 0.500. The van der Waals surface area contributed by atoms with E-state index in [0.29, 0.717) is 6.42 Å². The van der Waals surface area contributed by atoms with Crippen molar-refractivity contribution in [1.29, 1.82) is 0 Å². The fraction of sp³-hybridized carbons (Fsp3) is 0.182. The van der Waals surface area contributed by atoms with E-state index >= 15 is 0 Å². The molecule has 0 aliphatic rings. The van der Waals surface area contributed by atoms with Gasteiger partial charge in [-0.3, -0.25) is 0 Å². The van der Waals surface area contributed by atoms with Crippen LogP contribution in [0.25, 0.3) is 10.9 Å². The standard InChI is InChI=1S/C11H10INO/c1-13-10-5-3-2-4-8(10)9(6-7-14)11(13)12/h2-5,7H,6H2,1H3. The molecule has 0 aliphatic heterocycles. The van der Waals surface area contributed by atoms with Gasteiger partial charge in [0.2, 0.25) is 0 Å². The first-order valence-electron chi connectivity index (χ1n) is 4.41. The van der Waals surface area contributed by atoms with Crippen LogP contribution < -0.4 is 0 Å². The molecule has 0 radical (unpaired) electrons. The Kier molecular flexibility index (Phi) is 2.58. The minimum absolute atomic E-state index is 0.500. The summed E-state index contributed by atoms with van der Waals surface area (Å²) in [6.07, 6.45) is 1.46. The second-order valence-electron chi connectivity index (χ2n) is 3.22. The maximum atomic E-state index is 10.6. The van der Waals surface area contributed by atoms with Gasteiger partial charge in [0.1, 0.15) is 6.29 Å². The van der Waals surface area contributed by atoms with Crippen molar-refractivity contribution in [3.63, 3.8) is 0 Å². The lowest BCUT2D eigenvalue weighted by atomic mass is 10.1. The third-order valence-corrected chi connectivity index (χ3v) is 3.80. The Morgan fingerprint density at radius 2 is 2.14 bits per heavy atom. The van der Waals surface area contributed by atoms with Gasteiger partial charge in [-0.15, -0.1) is 0 Å². The van der Waals surface area contributed by atoms with E-state index < -0.39 is 0 Å². The van der Waals surface area contributed by atoms with Crippen molar-refractivity contribution in [3.05, 3.63) is 33.5 Å². The van der Waals surface area contributed by atoms with Crippen molar-refractivity contribution < 1.29 is 4.79 Å². The summed E-state index contributed by atoms with van der Waals surface area (Å²) < 4.78 is 3.27. The Morgan fingerprint density at radius 1 is 1.43 bits per heavy atom. The molecule has 0 fully saturated rings. The van der Waals surface area contributed by atoms with Crippen molar-refractivity contribution in [2.75, 3.05) is 0 Å². The number of aldehydes is 1. The van der Waals surface area contributed by atoms with Crippen LogP contribution in [0.15, 0.2) is 24.3 Å². The van der Waals surface area contributed by atoms with E-state index in [1.54, 1.807) is 0 Å². The van der Waals surface area contributed by atoms with E-state index in [-0.39, 0.29) is 0 Å². The Balaban J connectivity index is 2.80. The van der Waals surface area contributed by atoms with Crippen LogP contribution in [0.1, 0.15) is 5.56 Å². The zero-order valence-corrected chi connectivity index (χ0v) is 9.98. The van der Waals surface area contributed by atoms with E-state index in [1.807, 2.05) is 19.2 Å². The summed E-state index contributed by atoms with van der Waals surface area (Å²) >= 11 is 2.29. The van der Waals surface area contributed by atoms with Crippen LogP contribution in [-0.2, 0) is 18.3 Å². The van der Waals surface area contributed by atoms with Gasteiger partial charge in [-0.25, -0.2) is 0 Å². The Bertz CT molecular complexity index is 487. The molecule has 0 spiro atoms. The maximum Gasteiger partial charge on any atom is 0.124 e. The molecule has 0 aliphatic carbocycles. The maximum absolute atomic E-state index is 10.6. The number of nitrogens with zero attached hydrogens (tertiary/aromatic N) is 1. The molecular formula is C11H10INO. The number of rotatable bonds is 2. The zero-order chi connectivity index (χ0) is 10.1. The molecule has 0 unspecified atom stereocenters. The van der Waals surface area contributed by atoms with Crippen LogP contribution in [0, 0.1) is 3.70 Å². The van der Waals surface area contributed by atoms with E-state index in [1.165, 1.54) is 10.9 Å². The summed E-state index contributed by atoms with van der Waals surface area (Å²) in [6.45, 7) is 0. The molecule has 1 heterocycles. The molecule has 1 aromatic carbocycles. The van der Waals surface area contributed by atoms with Crippen LogP contribution in [0.3, 0.4) is 0 Å². The number of benzene rings is 1. The van der Waals surface area contributed by atoms with Gasteiger partial charge in [-0.1, -0.05) is 18.2 Å². The summed E-state index contributed by atoms with van der Waals surface area (Å²) in [5.41, 5.74) is 2.33. The number of aryl methyl sites for hydroxylation is 1. The minimum Gasteiger partial charge on any atom is -0.339 e. The SMILES string of the molecule is Cn1c(I)c(CC=O)c2ccccc21. The molecule has 3 heteroatoms. The second kappa shape index (κ2) is 3.73. The molecule has 2 nitrogen and oxygen atoms in total. The highest BCUT2D eigenvalue weighted by molar-refractivity contribution is 14.1. The fourth-order valence-corrected chi connectivity index (χ4v) is 2.49. The van der Waals surface area contributed by atoms with Crippen molar-refractivity contribution in [2.24, 2.45) is 7.05 Å². The Labute approximate surface area is 96.1 Å². The lowest BCUT2D eigenvalue weighted by Gasteiger charge is -1.95. The van der Waals surface area contributed by atoms with E-state index in [9.17, 15) is 4.79 Å². The molecule has 0 N–H and O–H groups in total. The van der Waals surface area contributed by atoms with Crippen LogP contribution in [-0.4, -0.2) is 10.9 Å². The number of para-hydroxylation sites is 1. The number of hydrogen-bond donors (Lipinski definition) is 0. The van der Waals surface area contributed by atoms with Gasteiger partial charge < -0.3 is 9.36 Å². The first-order valence-corrected chi connectivity index (χ1v) is 5.49. The third-order valence-electron chi connectivity index (χ3n) is 2.42. The number of hydrogen-bond acceptors (Lipinski definition) is 1. The van der Waals surface area contributed by atoms with E-state index in [4.69, 9.17) is 0 Å². The molecule has 0 bridgehead atoms. The largest absolute Gasteiger partial charge is 0.339 e. The molecule has 1 aromatic heterocycles. The molecule has 72 valence electrons. The van der Waals surface area contributed by atoms with Crippen LogP contribution >= 0.6 is 22.6 Å². The molecule has 0 saturated heterocycles. The quantitative estimate of drug-likeness (QED) is 0.617. The lowest BCUT2D eigenvalue weighted by molar-refractivity contribution is -0.107. The topological polar surface area (TPSA) is 22.0 Å². The van der Waals surface area contributed by atoms with Crippen LogP contribution in [0.2, 0.25) is 0 Å². The van der Waals surface area contributed by atoms with Gasteiger partial charge in [0, 0.05) is 24.4 Å². The monoisotopic (exact) mass is 299 g/mol. The fourth-order valence-electron chi connectivity index (χ4n) is 1.72. The summed E-state index contributed by atoms with van der Waals surface area (Å²) in [5, 5.41) is 1.19. The van der Waals surface area contributed by atoms with Gasteiger partial charge in [0.15, 0.2) is 0 Å². The summed E-state index contributed by atoms with van der Waals surface area (Å²) in [7, 11) is 2.03. The highest BCUT2D eigenvalue weighted by atomic mass is 127. The van der Waals surface area contributed by atoms with Crippen molar-refractivity contribution in [3.8, 4) is 0 Å². The first-order chi connectivity index (χ1) is 6.75. The molecule has 2 rings (SSSR count). The van der Waals surface area contributed by atoms with Gasteiger partial charge in [-0.05, 0) is 34.2 Å².